The van der Waals surface area contributed by atoms with Crippen molar-refractivity contribution in [3.05, 3.63) is 52.0 Å². The van der Waals surface area contributed by atoms with Gasteiger partial charge in [0.05, 0.1) is 19.8 Å². The molecule has 0 radical (unpaired) electrons. The Balaban J connectivity index is 1.86. The van der Waals surface area contributed by atoms with E-state index in [9.17, 15) is 0 Å². The van der Waals surface area contributed by atoms with Crippen LogP contribution in [-0.2, 0) is 0 Å². The van der Waals surface area contributed by atoms with Crippen LogP contribution in [0.4, 0.5) is 5.69 Å². The number of hydrogen-bond donors (Lipinski definition) is 1. The summed E-state index contributed by atoms with van der Waals surface area (Å²) in [5, 5.41) is 3.60. The van der Waals surface area contributed by atoms with Crippen LogP contribution in [0, 0.1) is 6.92 Å². The van der Waals surface area contributed by atoms with Gasteiger partial charge in [-0.25, -0.2) is 0 Å². The molecule has 3 rings (SSSR count). The maximum absolute atomic E-state index is 5.73. The van der Waals surface area contributed by atoms with Gasteiger partial charge in [-0.2, -0.15) is 0 Å². The third kappa shape index (κ3) is 3.00. The molecule has 3 nitrogen and oxygen atoms in total. The van der Waals surface area contributed by atoms with Crippen molar-refractivity contribution in [1.82, 2.24) is 0 Å². The van der Waals surface area contributed by atoms with Crippen LogP contribution in [0.1, 0.15) is 23.6 Å². The molecule has 1 heterocycles. The lowest BCUT2D eigenvalue weighted by Gasteiger charge is -2.28. The molecular formula is C17H18BrNO2. The predicted octanol–water partition coefficient (Wildman–Crippen LogP) is 4.70. The van der Waals surface area contributed by atoms with Crippen LogP contribution in [0.2, 0.25) is 0 Å². The molecule has 2 aromatic carbocycles. The Kier molecular flexibility index (Phi) is 4.06. The molecule has 0 saturated carbocycles. The normalized spacial score (nSPS) is 16.8. The van der Waals surface area contributed by atoms with Gasteiger partial charge < -0.3 is 14.8 Å². The van der Waals surface area contributed by atoms with Gasteiger partial charge in [0, 0.05) is 22.1 Å². The minimum atomic E-state index is 0.263. The molecular weight excluding hydrogens is 330 g/mol. The van der Waals surface area contributed by atoms with Crippen LogP contribution < -0.4 is 14.8 Å². The molecule has 1 aliphatic heterocycles. The van der Waals surface area contributed by atoms with Gasteiger partial charge in [0.25, 0.3) is 0 Å². The van der Waals surface area contributed by atoms with Crippen molar-refractivity contribution >= 4 is 21.6 Å². The minimum Gasteiger partial charge on any atom is -0.496 e. The van der Waals surface area contributed by atoms with E-state index in [1.54, 1.807) is 7.11 Å². The number of ether oxygens (including phenoxy) is 2. The first kappa shape index (κ1) is 14.3. The number of fused-ring (bicyclic) bond motifs is 1. The lowest BCUT2D eigenvalue weighted by atomic mass is 10.00. The highest BCUT2D eigenvalue weighted by Gasteiger charge is 2.21. The van der Waals surface area contributed by atoms with Crippen LogP contribution in [0.15, 0.2) is 40.9 Å². The molecule has 1 N–H and O–H groups in total. The van der Waals surface area contributed by atoms with Crippen LogP contribution in [0.3, 0.4) is 0 Å². The van der Waals surface area contributed by atoms with Gasteiger partial charge in [-0.15, -0.1) is 0 Å². The smallest absolute Gasteiger partial charge is 0.124 e. The summed E-state index contributed by atoms with van der Waals surface area (Å²) in [6, 6.07) is 12.6. The standard InChI is InChI=1S/C17H18BrNO2/c1-11-9-13(4-6-16(11)20-2)19-15-7-8-21-17-5-3-12(18)10-14(15)17/h3-6,9-10,15,19H,7-8H2,1-2H3. The van der Waals surface area contributed by atoms with E-state index in [1.807, 2.05) is 18.2 Å². The van der Waals surface area contributed by atoms with E-state index in [4.69, 9.17) is 9.47 Å². The molecule has 4 heteroatoms. The number of methoxy groups -OCH3 is 1. The molecule has 1 atom stereocenters. The average Bonchev–Trinajstić information content (AvgIpc) is 2.48. The molecule has 1 unspecified atom stereocenters. The number of rotatable bonds is 3. The first-order chi connectivity index (χ1) is 10.2. The van der Waals surface area contributed by atoms with E-state index in [0.717, 1.165) is 40.3 Å². The van der Waals surface area contributed by atoms with Gasteiger partial charge >= 0.3 is 0 Å². The zero-order chi connectivity index (χ0) is 14.8. The maximum atomic E-state index is 5.73. The monoisotopic (exact) mass is 347 g/mol. The molecule has 0 bridgehead atoms. The first-order valence-corrected chi connectivity index (χ1v) is 7.80. The fourth-order valence-corrected chi connectivity index (χ4v) is 3.06. The number of anilines is 1. The number of nitrogens with one attached hydrogen (secondary N) is 1. The predicted molar refractivity (Wildman–Crippen MR) is 88.3 cm³/mol. The van der Waals surface area contributed by atoms with Crippen LogP contribution in [-0.4, -0.2) is 13.7 Å². The van der Waals surface area contributed by atoms with E-state index >= 15 is 0 Å². The Labute approximate surface area is 133 Å². The molecule has 1 aliphatic rings. The molecule has 0 aromatic heterocycles. The highest BCUT2D eigenvalue weighted by Crippen LogP contribution is 2.36. The molecule has 0 spiro atoms. The summed E-state index contributed by atoms with van der Waals surface area (Å²) >= 11 is 3.53. The number of hydrogen-bond acceptors (Lipinski definition) is 3. The van der Waals surface area contributed by atoms with Crippen LogP contribution in [0.5, 0.6) is 11.5 Å². The van der Waals surface area contributed by atoms with E-state index in [1.165, 1.54) is 5.56 Å². The number of aryl methyl sites for hydroxylation is 1. The molecule has 0 saturated heterocycles. The van der Waals surface area contributed by atoms with E-state index in [-0.39, 0.29) is 6.04 Å². The van der Waals surface area contributed by atoms with Crippen LogP contribution in [0.25, 0.3) is 0 Å². The third-order valence-corrected chi connectivity index (χ3v) is 4.24. The highest BCUT2D eigenvalue weighted by atomic mass is 79.9. The number of halogens is 1. The van der Waals surface area contributed by atoms with Crippen molar-refractivity contribution < 1.29 is 9.47 Å². The number of benzene rings is 2. The van der Waals surface area contributed by atoms with Gasteiger partial charge in [0.15, 0.2) is 0 Å². The Bertz CT molecular complexity index is 657. The Morgan fingerprint density at radius 2 is 2.10 bits per heavy atom. The van der Waals surface area contributed by atoms with Crippen molar-refractivity contribution in [3.8, 4) is 11.5 Å². The van der Waals surface area contributed by atoms with Crippen molar-refractivity contribution in [3.63, 3.8) is 0 Å². The van der Waals surface area contributed by atoms with Crippen molar-refractivity contribution in [1.29, 1.82) is 0 Å². The van der Waals surface area contributed by atoms with Gasteiger partial charge in [-0.1, -0.05) is 15.9 Å². The highest BCUT2D eigenvalue weighted by molar-refractivity contribution is 9.10. The lowest BCUT2D eigenvalue weighted by Crippen LogP contribution is -2.20. The van der Waals surface area contributed by atoms with Gasteiger partial charge in [0.2, 0.25) is 0 Å². The summed E-state index contributed by atoms with van der Waals surface area (Å²) < 4.78 is 12.1. The first-order valence-electron chi connectivity index (χ1n) is 7.01. The largest absolute Gasteiger partial charge is 0.496 e. The summed E-state index contributed by atoms with van der Waals surface area (Å²) in [6.07, 6.45) is 0.953. The second kappa shape index (κ2) is 5.98. The average molecular weight is 348 g/mol. The van der Waals surface area contributed by atoms with E-state index in [0.29, 0.717) is 0 Å². The summed E-state index contributed by atoms with van der Waals surface area (Å²) in [4.78, 5) is 0. The fraction of sp³-hybridized carbons (Fsp3) is 0.294. The Morgan fingerprint density at radius 1 is 1.24 bits per heavy atom. The fourth-order valence-electron chi connectivity index (χ4n) is 2.68. The second-order valence-electron chi connectivity index (χ2n) is 5.20. The van der Waals surface area contributed by atoms with E-state index < -0.39 is 0 Å². The van der Waals surface area contributed by atoms with Crippen LogP contribution >= 0.6 is 15.9 Å². The summed E-state index contributed by atoms with van der Waals surface area (Å²) in [6.45, 7) is 2.79. The molecule has 2 aromatic rings. The van der Waals surface area contributed by atoms with Crippen molar-refractivity contribution in [2.24, 2.45) is 0 Å². The minimum absolute atomic E-state index is 0.263. The topological polar surface area (TPSA) is 30.5 Å². The zero-order valence-electron chi connectivity index (χ0n) is 12.2. The molecule has 0 amide bonds. The molecule has 0 aliphatic carbocycles. The SMILES string of the molecule is COc1ccc(NC2CCOc3ccc(Br)cc32)cc1C. The molecule has 110 valence electrons. The van der Waals surface area contributed by atoms with Crippen molar-refractivity contribution in [2.45, 2.75) is 19.4 Å². The summed E-state index contributed by atoms with van der Waals surface area (Å²) in [5.74, 6) is 1.88. The van der Waals surface area contributed by atoms with Gasteiger partial charge in [-0.05, 0) is 48.9 Å². The van der Waals surface area contributed by atoms with Gasteiger partial charge in [-0.3, -0.25) is 0 Å². The quantitative estimate of drug-likeness (QED) is 0.872. The Hall–Kier alpha value is -1.68. The van der Waals surface area contributed by atoms with Gasteiger partial charge in [0.1, 0.15) is 11.5 Å². The molecule has 0 fully saturated rings. The summed E-state index contributed by atoms with van der Waals surface area (Å²) in [5.41, 5.74) is 3.43. The van der Waals surface area contributed by atoms with E-state index in [2.05, 4.69) is 46.4 Å². The third-order valence-electron chi connectivity index (χ3n) is 3.75. The Morgan fingerprint density at radius 3 is 2.86 bits per heavy atom. The maximum Gasteiger partial charge on any atom is 0.124 e. The second-order valence-corrected chi connectivity index (χ2v) is 6.12. The zero-order valence-corrected chi connectivity index (χ0v) is 13.7. The summed E-state index contributed by atoms with van der Waals surface area (Å²) in [7, 11) is 1.70. The van der Waals surface area contributed by atoms with Crippen molar-refractivity contribution in [2.75, 3.05) is 19.0 Å². The lowest BCUT2D eigenvalue weighted by molar-refractivity contribution is 0.274. The molecule has 21 heavy (non-hydrogen) atoms.